The molecule has 0 radical (unpaired) electrons. The van der Waals surface area contributed by atoms with E-state index >= 15 is 0 Å². The van der Waals surface area contributed by atoms with E-state index in [4.69, 9.17) is 4.74 Å². The highest BCUT2D eigenvalue weighted by Crippen LogP contribution is 2.44. The van der Waals surface area contributed by atoms with Gasteiger partial charge in [-0.2, -0.15) is 0 Å². The molecule has 1 atom stereocenters. The number of Topliss-reactive ketones (excluding diaryl/α,β-unsaturated/α-hetero) is 2. The van der Waals surface area contributed by atoms with Crippen molar-refractivity contribution in [3.05, 3.63) is 71.0 Å². The Bertz CT molecular complexity index is 928. The molecule has 1 heterocycles. The Morgan fingerprint density at radius 1 is 0.960 bits per heavy atom. The van der Waals surface area contributed by atoms with Crippen molar-refractivity contribution < 1.29 is 18.7 Å². The van der Waals surface area contributed by atoms with Crippen molar-refractivity contribution in [1.29, 1.82) is 0 Å². The lowest BCUT2D eigenvalue weighted by Crippen LogP contribution is -2.43. The summed E-state index contributed by atoms with van der Waals surface area (Å²) in [5.41, 5.74) is 1.24. The summed E-state index contributed by atoms with van der Waals surface area (Å²) in [6.07, 6.45) is 0. The lowest BCUT2D eigenvalue weighted by molar-refractivity contribution is -0.112. The first-order chi connectivity index (χ1) is 11.9. The molecular weight excluding hydrogens is 321 g/mol. The first-order valence-electron chi connectivity index (χ1n) is 8.02. The van der Waals surface area contributed by atoms with Crippen LogP contribution < -0.4 is 5.32 Å². The van der Waals surface area contributed by atoms with E-state index in [-0.39, 0.29) is 5.82 Å². The summed E-state index contributed by atoms with van der Waals surface area (Å²) in [5.74, 6) is -0.976. The van der Waals surface area contributed by atoms with E-state index in [1.54, 1.807) is 30.3 Å². The predicted molar refractivity (Wildman–Crippen MR) is 91.7 cm³/mol. The lowest BCUT2D eigenvalue weighted by Gasteiger charge is -2.29. The molecule has 0 fully saturated rings. The first kappa shape index (κ1) is 15.6. The SMILES string of the molecule is CC1(C)OC2=C(C(=O)C(=O)c3ccccc32)C1Nc1ccc(F)cc1. The van der Waals surface area contributed by atoms with Crippen molar-refractivity contribution >= 4 is 23.0 Å². The number of hydrogen-bond donors (Lipinski definition) is 1. The zero-order chi connectivity index (χ0) is 17.8. The number of anilines is 1. The molecule has 126 valence electrons. The van der Waals surface area contributed by atoms with Gasteiger partial charge in [-0.25, -0.2) is 4.39 Å². The number of hydrogen-bond acceptors (Lipinski definition) is 4. The minimum absolute atomic E-state index is 0.332. The Morgan fingerprint density at radius 2 is 1.60 bits per heavy atom. The fourth-order valence-electron chi connectivity index (χ4n) is 3.37. The summed E-state index contributed by atoms with van der Waals surface area (Å²) < 4.78 is 19.2. The van der Waals surface area contributed by atoms with Gasteiger partial charge in [0.2, 0.25) is 11.6 Å². The molecule has 4 nitrogen and oxygen atoms in total. The van der Waals surface area contributed by atoms with Crippen LogP contribution in [-0.2, 0) is 9.53 Å². The lowest BCUT2D eigenvalue weighted by atomic mass is 9.83. The molecule has 2 aromatic rings. The highest BCUT2D eigenvalue weighted by Gasteiger charge is 2.50. The van der Waals surface area contributed by atoms with E-state index in [0.29, 0.717) is 28.1 Å². The van der Waals surface area contributed by atoms with E-state index in [0.717, 1.165) is 0 Å². The molecule has 0 bridgehead atoms. The number of carbonyl (C=O) groups excluding carboxylic acids is 2. The predicted octanol–water partition coefficient (Wildman–Crippen LogP) is 3.59. The molecule has 0 aromatic heterocycles. The maximum atomic E-state index is 13.1. The van der Waals surface area contributed by atoms with Crippen LogP contribution in [0.2, 0.25) is 0 Å². The third kappa shape index (κ3) is 2.35. The topological polar surface area (TPSA) is 55.4 Å². The highest BCUT2D eigenvalue weighted by atomic mass is 19.1. The van der Waals surface area contributed by atoms with Gasteiger partial charge in [-0.05, 0) is 38.1 Å². The van der Waals surface area contributed by atoms with Crippen LogP contribution in [0.25, 0.3) is 5.76 Å². The van der Waals surface area contributed by atoms with Crippen molar-refractivity contribution in [2.45, 2.75) is 25.5 Å². The molecule has 2 aliphatic rings. The van der Waals surface area contributed by atoms with Crippen LogP contribution in [0.4, 0.5) is 10.1 Å². The van der Waals surface area contributed by atoms with E-state index < -0.39 is 23.2 Å². The van der Waals surface area contributed by atoms with Gasteiger partial charge in [0.05, 0.1) is 11.6 Å². The standard InChI is InChI=1S/C20H16FNO3/c1-20(2)19(22-12-9-7-11(21)8-10-12)15-17(24)16(23)13-5-3-4-6-14(13)18(15)25-20/h3-10,19,22H,1-2H3. The second-order valence-electron chi connectivity index (χ2n) is 6.74. The van der Waals surface area contributed by atoms with E-state index in [1.807, 2.05) is 19.9 Å². The number of ether oxygens (including phenoxy) is 1. The third-order valence-corrected chi connectivity index (χ3v) is 4.62. The summed E-state index contributed by atoms with van der Waals surface area (Å²) in [4.78, 5) is 25.2. The number of halogens is 1. The summed E-state index contributed by atoms with van der Waals surface area (Å²) in [6.45, 7) is 3.71. The van der Waals surface area contributed by atoms with Crippen molar-refractivity contribution in [3.63, 3.8) is 0 Å². The van der Waals surface area contributed by atoms with Gasteiger partial charge in [0, 0.05) is 16.8 Å². The van der Waals surface area contributed by atoms with Crippen LogP contribution in [0, 0.1) is 5.82 Å². The van der Waals surface area contributed by atoms with E-state index in [9.17, 15) is 14.0 Å². The summed E-state index contributed by atoms with van der Waals surface area (Å²) in [7, 11) is 0. The van der Waals surface area contributed by atoms with Gasteiger partial charge in [-0.3, -0.25) is 9.59 Å². The zero-order valence-electron chi connectivity index (χ0n) is 13.8. The molecule has 0 amide bonds. The number of fused-ring (bicyclic) bond motifs is 2. The molecule has 1 unspecified atom stereocenters. The Hall–Kier alpha value is -2.95. The second-order valence-corrected chi connectivity index (χ2v) is 6.74. The molecule has 25 heavy (non-hydrogen) atoms. The molecule has 1 aliphatic carbocycles. The maximum Gasteiger partial charge on any atom is 0.235 e. The molecule has 0 saturated carbocycles. The van der Waals surface area contributed by atoms with Crippen molar-refractivity contribution in [1.82, 2.24) is 0 Å². The van der Waals surface area contributed by atoms with Crippen LogP contribution in [0.1, 0.15) is 29.8 Å². The largest absolute Gasteiger partial charge is 0.484 e. The summed E-state index contributed by atoms with van der Waals surface area (Å²) in [5, 5.41) is 3.22. The molecule has 1 N–H and O–H groups in total. The minimum Gasteiger partial charge on any atom is -0.484 e. The number of carbonyl (C=O) groups is 2. The van der Waals surface area contributed by atoms with E-state index in [1.165, 1.54) is 12.1 Å². The van der Waals surface area contributed by atoms with Crippen molar-refractivity contribution in [2.24, 2.45) is 0 Å². The quantitative estimate of drug-likeness (QED) is 0.851. The van der Waals surface area contributed by atoms with E-state index in [2.05, 4.69) is 5.32 Å². The van der Waals surface area contributed by atoms with Crippen LogP contribution in [0.3, 0.4) is 0 Å². The molecule has 5 heteroatoms. The van der Waals surface area contributed by atoms with Gasteiger partial charge in [-0.1, -0.05) is 24.3 Å². The molecule has 0 spiro atoms. The third-order valence-electron chi connectivity index (χ3n) is 4.62. The highest BCUT2D eigenvalue weighted by molar-refractivity contribution is 6.52. The van der Waals surface area contributed by atoms with Crippen molar-refractivity contribution in [2.75, 3.05) is 5.32 Å². The van der Waals surface area contributed by atoms with Crippen LogP contribution in [0.5, 0.6) is 0 Å². The number of ketones is 2. The van der Waals surface area contributed by atoms with Gasteiger partial charge in [0.25, 0.3) is 0 Å². The van der Waals surface area contributed by atoms with Crippen LogP contribution in [0.15, 0.2) is 54.1 Å². The Labute approximate surface area is 144 Å². The monoisotopic (exact) mass is 337 g/mol. The smallest absolute Gasteiger partial charge is 0.235 e. The van der Waals surface area contributed by atoms with Gasteiger partial charge in [0.1, 0.15) is 17.2 Å². The minimum atomic E-state index is -0.744. The van der Waals surface area contributed by atoms with Crippen LogP contribution >= 0.6 is 0 Å². The van der Waals surface area contributed by atoms with Gasteiger partial charge in [-0.15, -0.1) is 0 Å². The molecule has 4 rings (SSSR count). The average Bonchev–Trinajstić information content (AvgIpc) is 2.86. The normalized spacial score (nSPS) is 20.8. The Kier molecular flexibility index (Phi) is 3.29. The molecule has 0 saturated heterocycles. The van der Waals surface area contributed by atoms with Crippen molar-refractivity contribution in [3.8, 4) is 0 Å². The summed E-state index contributed by atoms with van der Waals surface area (Å²) in [6, 6.07) is 12.3. The number of nitrogens with one attached hydrogen (secondary N) is 1. The fraction of sp³-hybridized carbons (Fsp3) is 0.200. The molecular formula is C20H16FNO3. The van der Waals surface area contributed by atoms with Crippen LogP contribution in [-0.4, -0.2) is 23.2 Å². The second kappa shape index (κ2) is 5.28. The average molecular weight is 337 g/mol. The molecule has 1 aliphatic heterocycles. The summed E-state index contributed by atoms with van der Waals surface area (Å²) >= 11 is 0. The Morgan fingerprint density at radius 3 is 2.28 bits per heavy atom. The zero-order valence-corrected chi connectivity index (χ0v) is 13.8. The first-order valence-corrected chi connectivity index (χ1v) is 8.02. The van der Waals surface area contributed by atoms with Gasteiger partial charge in [0.15, 0.2) is 0 Å². The number of benzene rings is 2. The number of rotatable bonds is 2. The van der Waals surface area contributed by atoms with Gasteiger partial charge < -0.3 is 10.1 Å². The maximum absolute atomic E-state index is 13.1. The Balaban J connectivity index is 1.82. The molecule has 2 aromatic carbocycles. The fourth-order valence-corrected chi connectivity index (χ4v) is 3.37. The van der Waals surface area contributed by atoms with Gasteiger partial charge >= 0.3 is 0 Å².